The first-order valence-corrected chi connectivity index (χ1v) is 7.60. The number of hydrogen-bond acceptors (Lipinski definition) is 2. The van der Waals surface area contributed by atoms with Crippen molar-refractivity contribution in [2.24, 2.45) is 0 Å². The number of urea groups is 1. The van der Waals surface area contributed by atoms with Crippen LogP contribution < -0.4 is 10.6 Å². The number of hydrogen-bond donors (Lipinski definition) is 2. The van der Waals surface area contributed by atoms with Crippen LogP contribution >= 0.6 is 23.8 Å². The second-order valence-corrected chi connectivity index (χ2v) is 6.04. The van der Waals surface area contributed by atoms with Crippen LogP contribution in [0, 0.1) is 0 Å². The highest BCUT2D eigenvalue weighted by molar-refractivity contribution is 7.80. The van der Waals surface area contributed by atoms with Gasteiger partial charge in [-0.1, -0.05) is 30.5 Å². The van der Waals surface area contributed by atoms with E-state index in [1.807, 2.05) is 12.1 Å². The third-order valence-corrected chi connectivity index (χ3v) is 4.43. The highest BCUT2D eigenvalue weighted by atomic mass is 35.5. The number of amides is 2. The molecule has 2 N–H and O–H groups in total. The van der Waals surface area contributed by atoms with Gasteiger partial charge in [0.2, 0.25) is 0 Å². The quantitative estimate of drug-likeness (QED) is 0.782. The third-order valence-electron chi connectivity index (χ3n) is 3.88. The van der Waals surface area contributed by atoms with Crippen molar-refractivity contribution in [3.8, 4) is 0 Å². The van der Waals surface area contributed by atoms with Crippen LogP contribution in [0.4, 0.5) is 10.5 Å². The van der Waals surface area contributed by atoms with E-state index in [-0.39, 0.29) is 12.1 Å². The van der Waals surface area contributed by atoms with Crippen molar-refractivity contribution < 1.29 is 4.79 Å². The lowest BCUT2D eigenvalue weighted by molar-refractivity contribution is 0.212. The smallest absolute Gasteiger partial charge is 0.328 e. The van der Waals surface area contributed by atoms with E-state index in [0.717, 1.165) is 19.3 Å². The molecule has 1 saturated carbocycles. The van der Waals surface area contributed by atoms with Crippen LogP contribution in [0.2, 0.25) is 5.02 Å². The number of fused-ring (bicyclic) bond motifs is 1. The van der Waals surface area contributed by atoms with Crippen LogP contribution in [0.3, 0.4) is 0 Å². The fourth-order valence-electron chi connectivity index (χ4n) is 2.96. The first-order valence-electron chi connectivity index (χ1n) is 6.81. The maximum atomic E-state index is 12.4. The SMILES string of the molecule is O=C(Nc1cccc(Cl)c1)N1C(=S)N[C@@H]2CCCC[C@H]21. The van der Waals surface area contributed by atoms with E-state index >= 15 is 0 Å². The van der Waals surface area contributed by atoms with Gasteiger partial charge in [-0.15, -0.1) is 0 Å². The zero-order valence-electron chi connectivity index (χ0n) is 10.9. The zero-order chi connectivity index (χ0) is 14.1. The van der Waals surface area contributed by atoms with E-state index < -0.39 is 0 Å². The van der Waals surface area contributed by atoms with Gasteiger partial charge in [0.25, 0.3) is 0 Å². The molecule has 0 bridgehead atoms. The van der Waals surface area contributed by atoms with Crippen LogP contribution in [0.15, 0.2) is 24.3 Å². The zero-order valence-corrected chi connectivity index (χ0v) is 12.5. The molecule has 2 amide bonds. The second-order valence-electron chi connectivity index (χ2n) is 5.22. The molecule has 1 heterocycles. The molecule has 2 aliphatic rings. The Balaban J connectivity index is 1.74. The van der Waals surface area contributed by atoms with Gasteiger partial charge in [0.1, 0.15) is 0 Å². The summed E-state index contributed by atoms with van der Waals surface area (Å²) in [6, 6.07) is 7.42. The number of benzene rings is 1. The van der Waals surface area contributed by atoms with Crippen molar-refractivity contribution in [2.75, 3.05) is 5.32 Å². The fraction of sp³-hybridized carbons (Fsp3) is 0.429. The van der Waals surface area contributed by atoms with E-state index in [1.54, 1.807) is 17.0 Å². The van der Waals surface area contributed by atoms with Crippen LogP contribution in [-0.2, 0) is 0 Å². The summed E-state index contributed by atoms with van der Waals surface area (Å²) in [6.07, 6.45) is 4.42. The number of rotatable bonds is 1. The topological polar surface area (TPSA) is 44.4 Å². The largest absolute Gasteiger partial charge is 0.357 e. The Morgan fingerprint density at radius 2 is 2.20 bits per heavy atom. The van der Waals surface area contributed by atoms with Crippen molar-refractivity contribution in [2.45, 2.75) is 37.8 Å². The molecule has 1 aromatic rings. The Labute approximate surface area is 128 Å². The fourth-order valence-corrected chi connectivity index (χ4v) is 3.52. The molecule has 1 aliphatic carbocycles. The summed E-state index contributed by atoms with van der Waals surface area (Å²) >= 11 is 11.2. The average Bonchev–Trinajstić information content (AvgIpc) is 2.74. The third kappa shape index (κ3) is 2.60. The molecule has 1 aromatic carbocycles. The summed E-state index contributed by atoms with van der Waals surface area (Å²) < 4.78 is 0. The van der Waals surface area contributed by atoms with Gasteiger partial charge in [-0.2, -0.15) is 0 Å². The number of carbonyl (C=O) groups excluding carboxylic acids is 1. The number of halogens is 1. The Morgan fingerprint density at radius 1 is 1.40 bits per heavy atom. The molecule has 0 unspecified atom stereocenters. The molecule has 2 atom stereocenters. The summed E-state index contributed by atoms with van der Waals surface area (Å²) in [6.45, 7) is 0. The van der Waals surface area contributed by atoms with Gasteiger partial charge in [0.05, 0.1) is 6.04 Å². The monoisotopic (exact) mass is 309 g/mol. The summed E-state index contributed by atoms with van der Waals surface area (Å²) in [5, 5.41) is 7.24. The molecule has 2 fully saturated rings. The lowest BCUT2D eigenvalue weighted by atomic mass is 9.91. The Kier molecular flexibility index (Phi) is 3.81. The number of thiocarbonyl (C=S) groups is 1. The summed E-state index contributed by atoms with van der Waals surface area (Å²) in [5.41, 5.74) is 0.685. The maximum Gasteiger partial charge on any atom is 0.328 e. The Hall–Kier alpha value is -1.33. The number of carbonyl (C=O) groups is 1. The summed E-state index contributed by atoms with van der Waals surface area (Å²) in [5.74, 6) is 0. The molecule has 1 aliphatic heterocycles. The predicted octanol–water partition coefficient (Wildman–Crippen LogP) is 3.37. The molecular weight excluding hydrogens is 294 g/mol. The first-order chi connectivity index (χ1) is 9.65. The minimum Gasteiger partial charge on any atom is -0.357 e. The highest BCUT2D eigenvalue weighted by Gasteiger charge is 2.41. The molecule has 4 nitrogen and oxygen atoms in total. The van der Waals surface area contributed by atoms with Gasteiger partial charge in [-0.05, 0) is 43.3 Å². The normalized spacial score (nSPS) is 25.1. The number of anilines is 1. The second kappa shape index (κ2) is 5.58. The van der Waals surface area contributed by atoms with Crippen molar-refractivity contribution in [1.29, 1.82) is 0 Å². The molecular formula is C14H16ClN3OS. The molecule has 0 radical (unpaired) electrons. The minimum atomic E-state index is -0.181. The van der Waals surface area contributed by atoms with Crippen molar-refractivity contribution >= 4 is 40.6 Å². The van der Waals surface area contributed by atoms with Crippen LogP contribution in [0.5, 0.6) is 0 Å². The van der Waals surface area contributed by atoms with Gasteiger partial charge < -0.3 is 10.6 Å². The van der Waals surface area contributed by atoms with Gasteiger partial charge in [0, 0.05) is 16.8 Å². The molecule has 0 spiro atoms. The molecule has 106 valence electrons. The van der Waals surface area contributed by atoms with Crippen LogP contribution in [0.25, 0.3) is 0 Å². The van der Waals surface area contributed by atoms with Crippen molar-refractivity contribution in [1.82, 2.24) is 10.2 Å². The average molecular weight is 310 g/mol. The van der Waals surface area contributed by atoms with E-state index in [1.165, 1.54) is 6.42 Å². The van der Waals surface area contributed by atoms with E-state index in [2.05, 4.69) is 10.6 Å². The van der Waals surface area contributed by atoms with Crippen molar-refractivity contribution in [3.63, 3.8) is 0 Å². The van der Waals surface area contributed by atoms with E-state index in [9.17, 15) is 4.79 Å². The molecule has 6 heteroatoms. The Bertz CT molecular complexity index is 551. The molecule has 0 aromatic heterocycles. The predicted molar refractivity (Wildman–Crippen MR) is 84.1 cm³/mol. The first kappa shape index (κ1) is 13.6. The lowest BCUT2D eigenvalue weighted by Gasteiger charge is -2.29. The molecule has 20 heavy (non-hydrogen) atoms. The number of nitrogens with one attached hydrogen (secondary N) is 2. The van der Waals surface area contributed by atoms with Crippen LogP contribution in [-0.4, -0.2) is 28.1 Å². The van der Waals surface area contributed by atoms with E-state index in [4.69, 9.17) is 23.8 Å². The van der Waals surface area contributed by atoms with Gasteiger partial charge in [-0.25, -0.2) is 4.79 Å². The van der Waals surface area contributed by atoms with Gasteiger partial charge in [0.15, 0.2) is 5.11 Å². The van der Waals surface area contributed by atoms with Crippen LogP contribution in [0.1, 0.15) is 25.7 Å². The lowest BCUT2D eigenvalue weighted by Crippen LogP contribution is -2.44. The highest BCUT2D eigenvalue weighted by Crippen LogP contribution is 2.28. The maximum absolute atomic E-state index is 12.4. The minimum absolute atomic E-state index is 0.176. The molecule has 3 rings (SSSR count). The van der Waals surface area contributed by atoms with Gasteiger partial charge in [-0.3, -0.25) is 4.90 Å². The standard InChI is InChI=1S/C14H16ClN3OS/c15-9-4-3-5-10(8-9)16-13(19)18-12-7-2-1-6-11(12)17-14(18)20/h3-5,8,11-12H,1-2,6-7H2,(H,16,19)(H,17,20)/t11-,12-/m1/s1. The Morgan fingerprint density at radius 3 is 3.00 bits per heavy atom. The molecule has 1 saturated heterocycles. The number of nitrogens with zero attached hydrogens (tertiary/aromatic N) is 1. The van der Waals surface area contributed by atoms with Crippen molar-refractivity contribution in [3.05, 3.63) is 29.3 Å². The van der Waals surface area contributed by atoms with E-state index in [0.29, 0.717) is 21.9 Å². The summed E-state index contributed by atoms with van der Waals surface area (Å²) in [7, 11) is 0. The summed E-state index contributed by atoms with van der Waals surface area (Å²) in [4.78, 5) is 14.1. The van der Waals surface area contributed by atoms with Gasteiger partial charge >= 0.3 is 6.03 Å².